The van der Waals surface area contributed by atoms with Gasteiger partial charge in [-0.05, 0) is 53.6 Å². The minimum Gasteiger partial charge on any atom is -0.406 e. The van der Waals surface area contributed by atoms with E-state index in [-0.39, 0.29) is 23.2 Å². The van der Waals surface area contributed by atoms with Crippen LogP contribution in [0.2, 0.25) is 0 Å². The number of fused-ring (bicyclic) bond motifs is 1. The molecule has 0 saturated carbocycles. The Labute approximate surface area is 180 Å². The van der Waals surface area contributed by atoms with Crippen molar-refractivity contribution >= 4 is 22.9 Å². The highest BCUT2D eigenvalue weighted by Gasteiger charge is 2.30. The van der Waals surface area contributed by atoms with E-state index in [2.05, 4.69) is 9.72 Å². The molecule has 0 amide bonds. The van der Waals surface area contributed by atoms with Gasteiger partial charge in [0.05, 0.1) is 11.0 Å². The van der Waals surface area contributed by atoms with E-state index in [0.717, 1.165) is 11.1 Å². The van der Waals surface area contributed by atoms with Gasteiger partial charge in [-0.25, -0.2) is 9.37 Å². The molecular formula is C24H16F4N2O2. The van der Waals surface area contributed by atoms with Gasteiger partial charge in [-0.3, -0.25) is 4.79 Å². The summed E-state index contributed by atoms with van der Waals surface area (Å²) in [5, 5.41) is 0. The Morgan fingerprint density at radius 3 is 2.34 bits per heavy atom. The largest absolute Gasteiger partial charge is 0.573 e. The van der Waals surface area contributed by atoms with Crippen LogP contribution in [0.1, 0.15) is 21.7 Å². The van der Waals surface area contributed by atoms with Crippen LogP contribution in [0.4, 0.5) is 17.6 Å². The van der Waals surface area contributed by atoms with Crippen molar-refractivity contribution in [2.24, 2.45) is 0 Å². The number of alkyl halides is 3. The normalized spacial score (nSPS) is 11.9. The number of hydrogen-bond donors (Lipinski definition) is 0. The molecule has 0 atom stereocenters. The summed E-state index contributed by atoms with van der Waals surface area (Å²) in [7, 11) is 0. The van der Waals surface area contributed by atoms with Crippen molar-refractivity contribution in [3.63, 3.8) is 0 Å². The lowest BCUT2D eigenvalue weighted by Gasteiger charge is -2.08. The second kappa shape index (κ2) is 8.66. The first-order chi connectivity index (χ1) is 15.3. The number of para-hydroxylation sites is 2. The number of carbonyl (C=O) groups excluding carboxylic acids is 1. The van der Waals surface area contributed by atoms with E-state index in [1.807, 2.05) is 18.2 Å². The van der Waals surface area contributed by atoms with Crippen molar-refractivity contribution in [3.8, 4) is 5.75 Å². The second-order valence-electron chi connectivity index (χ2n) is 6.95. The molecule has 0 aliphatic heterocycles. The number of ketones is 1. The van der Waals surface area contributed by atoms with Gasteiger partial charge in [-0.1, -0.05) is 42.5 Å². The smallest absolute Gasteiger partial charge is 0.406 e. The molecule has 0 unspecified atom stereocenters. The maximum Gasteiger partial charge on any atom is 0.573 e. The quantitative estimate of drug-likeness (QED) is 0.209. The molecule has 0 N–H and O–H groups in total. The van der Waals surface area contributed by atoms with Crippen LogP contribution in [0, 0.1) is 5.82 Å². The average molecular weight is 440 g/mol. The second-order valence-corrected chi connectivity index (χ2v) is 6.95. The van der Waals surface area contributed by atoms with Gasteiger partial charge >= 0.3 is 6.36 Å². The molecule has 32 heavy (non-hydrogen) atoms. The van der Waals surface area contributed by atoms with Crippen molar-refractivity contribution in [3.05, 3.63) is 102 Å². The zero-order valence-corrected chi connectivity index (χ0v) is 16.5. The third-order valence-corrected chi connectivity index (χ3v) is 4.67. The van der Waals surface area contributed by atoms with Crippen LogP contribution in [-0.4, -0.2) is 21.7 Å². The predicted molar refractivity (Wildman–Crippen MR) is 112 cm³/mol. The Bertz CT molecular complexity index is 1270. The van der Waals surface area contributed by atoms with E-state index >= 15 is 0 Å². The molecule has 3 aromatic carbocycles. The Kier molecular flexibility index (Phi) is 5.77. The molecule has 0 radical (unpaired) electrons. The van der Waals surface area contributed by atoms with Crippen LogP contribution in [0.3, 0.4) is 0 Å². The third kappa shape index (κ3) is 5.03. The van der Waals surface area contributed by atoms with Crippen LogP contribution in [0.25, 0.3) is 17.1 Å². The van der Waals surface area contributed by atoms with Gasteiger partial charge in [0.15, 0.2) is 5.82 Å². The van der Waals surface area contributed by atoms with Gasteiger partial charge in [-0.2, -0.15) is 0 Å². The average Bonchev–Trinajstić information content (AvgIpc) is 3.12. The topological polar surface area (TPSA) is 44.1 Å². The van der Waals surface area contributed by atoms with Crippen molar-refractivity contribution < 1.29 is 27.1 Å². The summed E-state index contributed by atoms with van der Waals surface area (Å²) in [5.74, 6) is -0.875. The van der Waals surface area contributed by atoms with Gasteiger partial charge in [0.1, 0.15) is 11.6 Å². The van der Waals surface area contributed by atoms with Crippen molar-refractivity contribution in [1.29, 1.82) is 0 Å². The van der Waals surface area contributed by atoms with E-state index in [0.29, 0.717) is 17.6 Å². The lowest BCUT2D eigenvalue weighted by atomic mass is 10.2. The molecule has 8 heteroatoms. The first-order valence-corrected chi connectivity index (χ1v) is 9.56. The van der Waals surface area contributed by atoms with Crippen molar-refractivity contribution in [2.45, 2.75) is 12.9 Å². The summed E-state index contributed by atoms with van der Waals surface area (Å²) in [4.78, 5) is 17.3. The van der Waals surface area contributed by atoms with Gasteiger partial charge < -0.3 is 9.30 Å². The molecular weight excluding hydrogens is 424 g/mol. The van der Waals surface area contributed by atoms with Crippen LogP contribution >= 0.6 is 0 Å². The number of rotatable bonds is 6. The van der Waals surface area contributed by atoms with E-state index in [1.165, 1.54) is 48.6 Å². The lowest BCUT2D eigenvalue weighted by Crippen LogP contribution is -2.16. The van der Waals surface area contributed by atoms with Gasteiger partial charge in [0.2, 0.25) is 5.78 Å². The molecule has 162 valence electrons. The fourth-order valence-corrected chi connectivity index (χ4v) is 3.22. The van der Waals surface area contributed by atoms with E-state index in [1.54, 1.807) is 22.8 Å². The first-order valence-electron chi connectivity index (χ1n) is 9.56. The van der Waals surface area contributed by atoms with E-state index in [4.69, 9.17) is 0 Å². The van der Waals surface area contributed by atoms with E-state index in [9.17, 15) is 22.4 Å². The Hall–Kier alpha value is -3.94. The molecule has 1 aromatic heterocycles. The maximum atomic E-state index is 13.2. The molecule has 0 fully saturated rings. The summed E-state index contributed by atoms with van der Waals surface area (Å²) >= 11 is 0. The zero-order chi connectivity index (χ0) is 22.7. The molecule has 4 aromatic rings. The number of halogens is 4. The number of ether oxygens (including phenoxy) is 1. The zero-order valence-electron chi connectivity index (χ0n) is 16.5. The van der Waals surface area contributed by atoms with Crippen LogP contribution in [0.15, 0.2) is 78.9 Å². The highest BCUT2D eigenvalue weighted by Crippen LogP contribution is 2.23. The van der Waals surface area contributed by atoms with E-state index < -0.39 is 6.36 Å². The fraction of sp³-hybridized carbons (Fsp3) is 0.0833. The van der Waals surface area contributed by atoms with Crippen LogP contribution in [-0.2, 0) is 6.54 Å². The molecule has 0 saturated heterocycles. The Morgan fingerprint density at radius 2 is 1.66 bits per heavy atom. The van der Waals surface area contributed by atoms with Crippen LogP contribution in [0.5, 0.6) is 5.75 Å². The number of aromatic nitrogens is 2. The number of imidazole rings is 1. The lowest BCUT2D eigenvalue weighted by molar-refractivity contribution is -0.274. The number of hydrogen-bond acceptors (Lipinski definition) is 3. The first kappa shape index (κ1) is 21.3. The summed E-state index contributed by atoms with van der Waals surface area (Å²) in [6.45, 7) is 0.319. The highest BCUT2D eigenvalue weighted by atomic mass is 19.4. The number of benzene rings is 3. The standard InChI is InChI=1S/C24H16F4N2O2/c25-18-10-5-17(6-11-18)15-30-21-4-2-1-3-20(21)29-23(30)22(31)14-9-16-7-12-19(13-8-16)32-24(26,27)28/h1-14H,15H2/b14-9+. The molecule has 0 spiro atoms. The van der Waals surface area contributed by atoms with Gasteiger partial charge in [-0.15, -0.1) is 13.2 Å². The molecule has 0 aliphatic carbocycles. The number of allylic oxidation sites excluding steroid dienone is 1. The summed E-state index contributed by atoms with van der Waals surface area (Å²) in [6, 6.07) is 18.4. The summed E-state index contributed by atoms with van der Waals surface area (Å²) in [5.41, 5.74) is 2.71. The molecule has 0 aliphatic rings. The number of carbonyl (C=O) groups is 1. The van der Waals surface area contributed by atoms with Gasteiger partial charge in [0.25, 0.3) is 0 Å². The highest BCUT2D eigenvalue weighted by molar-refractivity contribution is 6.06. The maximum absolute atomic E-state index is 13.2. The molecule has 4 nitrogen and oxygen atoms in total. The predicted octanol–water partition coefficient (Wildman–Crippen LogP) is 6.02. The van der Waals surface area contributed by atoms with Crippen LogP contribution < -0.4 is 4.74 Å². The Morgan fingerprint density at radius 1 is 0.969 bits per heavy atom. The van der Waals surface area contributed by atoms with Crippen molar-refractivity contribution in [1.82, 2.24) is 9.55 Å². The SMILES string of the molecule is O=C(/C=C/c1ccc(OC(F)(F)F)cc1)c1nc2ccccc2n1Cc1ccc(F)cc1. The minimum absolute atomic E-state index is 0.198. The molecule has 1 heterocycles. The molecule has 4 rings (SSSR count). The third-order valence-electron chi connectivity index (χ3n) is 4.67. The summed E-state index contributed by atoms with van der Waals surface area (Å²) < 4.78 is 55.7. The Balaban J connectivity index is 1.60. The summed E-state index contributed by atoms with van der Waals surface area (Å²) in [6.07, 6.45) is -1.97. The van der Waals surface area contributed by atoms with Gasteiger partial charge in [0, 0.05) is 6.54 Å². The molecule has 0 bridgehead atoms. The fourth-order valence-electron chi connectivity index (χ4n) is 3.22. The monoisotopic (exact) mass is 440 g/mol. The minimum atomic E-state index is -4.77. The van der Waals surface area contributed by atoms with Crippen molar-refractivity contribution in [2.75, 3.05) is 0 Å². The number of nitrogens with zero attached hydrogens (tertiary/aromatic N) is 2.